The lowest BCUT2D eigenvalue weighted by molar-refractivity contribution is -0.146. The lowest BCUT2D eigenvalue weighted by Gasteiger charge is -2.27. The maximum absolute atomic E-state index is 12.9. The van der Waals surface area contributed by atoms with Crippen molar-refractivity contribution in [1.29, 1.82) is 0 Å². The van der Waals surface area contributed by atoms with Gasteiger partial charge >= 0.3 is 0 Å². The van der Waals surface area contributed by atoms with Crippen LogP contribution in [0.5, 0.6) is 0 Å². The molecule has 328 valence electrons. The lowest BCUT2D eigenvalue weighted by Crippen LogP contribution is -2.49. The van der Waals surface area contributed by atoms with E-state index in [4.69, 9.17) is 5.73 Å². The molecule has 22 heteroatoms. The Hall–Kier alpha value is -5.67. The molecule has 0 aromatic heterocycles. The Balaban J connectivity index is 4.89. The van der Waals surface area contributed by atoms with Gasteiger partial charge in [0.25, 0.3) is 0 Å². The van der Waals surface area contributed by atoms with E-state index in [1.807, 2.05) is 0 Å². The van der Waals surface area contributed by atoms with Gasteiger partial charge in [-0.2, -0.15) is 0 Å². The number of rotatable bonds is 23. The normalized spacial score (nSPS) is 10.5. The van der Waals surface area contributed by atoms with Gasteiger partial charge in [-0.25, -0.2) is 0 Å². The van der Waals surface area contributed by atoms with Crippen LogP contribution in [-0.4, -0.2) is 256 Å². The zero-order chi connectivity index (χ0) is 45.2. The first-order valence-corrected chi connectivity index (χ1v) is 18.4. The molecule has 0 atom stereocenters. The van der Waals surface area contributed by atoms with Crippen molar-refractivity contribution in [3.8, 4) is 0 Å². The van der Waals surface area contributed by atoms with Gasteiger partial charge in [-0.05, 0) is 0 Å². The second-order valence-electron chi connectivity index (χ2n) is 14.7. The van der Waals surface area contributed by atoms with Crippen molar-refractivity contribution in [2.45, 2.75) is 20.3 Å². The number of nitrogens with two attached hydrogens (primary N) is 1. The van der Waals surface area contributed by atoms with Crippen LogP contribution in [-0.2, 0) is 52.7 Å². The van der Waals surface area contributed by atoms with Crippen LogP contribution in [0.4, 0.5) is 0 Å². The fourth-order valence-electron chi connectivity index (χ4n) is 4.52. The van der Waals surface area contributed by atoms with E-state index in [0.717, 1.165) is 39.2 Å². The minimum Gasteiger partial charge on any atom is -0.337 e. The maximum atomic E-state index is 12.9. The van der Waals surface area contributed by atoms with Crippen molar-refractivity contribution < 1.29 is 52.7 Å². The Kier molecular flexibility index (Phi) is 22.4. The number of Topliss-reactive ketones (excluding diaryl/α,β-unsaturated/α-hetero) is 1. The highest BCUT2D eigenvalue weighted by molar-refractivity contribution is 5.94. The molecule has 0 rings (SSSR count). The van der Waals surface area contributed by atoms with Crippen molar-refractivity contribution in [3.63, 3.8) is 0 Å². The van der Waals surface area contributed by atoms with E-state index in [1.165, 1.54) is 80.3 Å². The predicted molar refractivity (Wildman–Crippen MR) is 210 cm³/mol. The largest absolute Gasteiger partial charge is 0.337 e. The predicted octanol–water partition coefficient (Wildman–Crippen LogP) is -4.86. The van der Waals surface area contributed by atoms with Crippen molar-refractivity contribution in [3.05, 3.63) is 0 Å². The first kappa shape index (κ1) is 52.3. The molecule has 0 saturated heterocycles. The highest BCUT2D eigenvalue weighted by Crippen LogP contribution is 2.02. The summed E-state index contributed by atoms with van der Waals surface area (Å²) in [5.41, 5.74) is 5.37. The molecular weight excluding hydrogens is 762 g/mol. The van der Waals surface area contributed by atoms with Crippen LogP contribution in [0.3, 0.4) is 0 Å². The minimum absolute atomic E-state index is 0.0725. The lowest BCUT2D eigenvalue weighted by atomic mass is 10.1. The van der Waals surface area contributed by atoms with E-state index in [2.05, 4.69) is 0 Å². The fraction of sp³-hybridized carbons (Fsp3) is 0.694. The second kappa shape index (κ2) is 24.9. The van der Waals surface area contributed by atoms with E-state index in [0.29, 0.717) is 0 Å². The molecule has 0 spiro atoms. The fourth-order valence-corrected chi connectivity index (χ4v) is 4.52. The summed E-state index contributed by atoms with van der Waals surface area (Å²) in [6.45, 7) is 0.0349. The van der Waals surface area contributed by atoms with Gasteiger partial charge in [0.1, 0.15) is 0 Å². The van der Waals surface area contributed by atoms with Gasteiger partial charge in [-0.3, -0.25) is 52.7 Å². The average Bonchev–Trinajstić information content (AvgIpc) is 3.13. The standard InChI is InChI=1S/C36H63N11O11/c1-25(2)26(48)15-38(3)28(50)17-40(5)30(52)19-42(7)32(54)21-44(9)34(56)23-46(11)36(58)24-47(12)35(57)22-45(10)33(55)20-43(8)31(53)18-41(6)29(51)16-39(4)27(49)13-14-37/h25H,13-24,37H2,1-12H3. The molecule has 22 nitrogen and oxygen atoms in total. The van der Waals surface area contributed by atoms with E-state index in [9.17, 15) is 52.7 Å². The number of hydrogen-bond acceptors (Lipinski definition) is 12. The molecular formula is C36H63N11O11. The van der Waals surface area contributed by atoms with E-state index < -0.39 is 85.9 Å². The quantitative estimate of drug-likeness (QED) is 0.102. The van der Waals surface area contributed by atoms with Gasteiger partial charge in [0.05, 0.1) is 65.4 Å². The van der Waals surface area contributed by atoms with Crippen LogP contribution in [0.15, 0.2) is 0 Å². The third kappa shape index (κ3) is 18.5. The number of carbonyl (C=O) groups is 11. The minimum atomic E-state index is -0.614. The number of hydrogen-bond donors (Lipinski definition) is 1. The van der Waals surface area contributed by atoms with Crippen LogP contribution in [0.2, 0.25) is 0 Å². The summed E-state index contributed by atoms with van der Waals surface area (Å²) >= 11 is 0. The summed E-state index contributed by atoms with van der Waals surface area (Å²) in [5.74, 6) is -5.77. The van der Waals surface area contributed by atoms with Crippen LogP contribution in [0.25, 0.3) is 0 Å². The first-order chi connectivity index (χ1) is 26.7. The van der Waals surface area contributed by atoms with Crippen LogP contribution < -0.4 is 5.73 Å². The second-order valence-corrected chi connectivity index (χ2v) is 14.7. The molecule has 0 unspecified atom stereocenters. The van der Waals surface area contributed by atoms with Crippen molar-refractivity contribution in [1.82, 2.24) is 49.0 Å². The Morgan fingerprint density at radius 2 is 0.466 bits per heavy atom. The van der Waals surface area contributed by atoms with Gasteiger partial charge in [0.15, 0.2) is 5.78 Å². The number of amides is 10. The Morgan fingerprint density at radius 1 is 0.310 bits per heavy atom. The smallest absolute Gasteiger partial charge is 0.242 e. The summed E-state index contributed by atoms with van der Waals surface area (Å²) in [6.07, 6.45) is 0.0725. The van der Waals surface area contributed by atoms with E-state index in [1.54, 1.807) is 13.8 Å². The van der Waals surface area contributed by atoms with E-state index in [-0.39, 0.29) is 63.3 Å². The summed E-state index contributed by atoms with van der Waals surface area (Å²) in [4.78, 5) is 149. The van der Waals surface area contributed by atoms with Crippen LogP contribution in [0.1, 0.15) is 20.3 Å². The zero-order valence-corrected chi connectivity index (χ0v) is 36.1. The van der Waals surface area contributed by atoms with Gasteiger partial charge in [0.2, 0.25) is 59.1 Å². The van der Waals surface area contributed by atoms with Crippen LogP contribution in [0, 0.1) is 5.92 Å². The molecule has 58 heavy (non-hydrogen) atoms. The Labute approximate surface area is 340 Å². The number of carbonyl (C=O) groups excluding carboxylic acids is 11. The van der Waals surface area contributed by atoms with Crippen molar-refractivity contribution >= 4 is 64.9 Å². The molecule has 0 aliphatic rings. The highest BCUT2D eigenvalue weighted by Gasteiger charge is 2.26. The van der Waals surface area contributed by atoms with Gasteiger partial charge in [-0.1, -0.05) is 13.8 Å². The summed E-state index contributed by atoms with van der Waals surface area (Å²) in [7, 11) is 13.7. The topological polar surface area (TPSA) is 246 Å². The monoisotopic (exact) mass is 825 g/mol. The number of ketones is 1. The molecule has 0 bridgehead atoms. The molecule has 0 fully saturated rings. The number of nitrogens with zero attached hydrogens (tertiary/aromatic N) is 10. The summed E-state index contributed by atoms with van der Waals surface area (Å²) in [5, 5.41) is 0. The molecule has 10 amide bonds. The van der Waals surface area contributed by atoms with Crippen molar-refractivity contribution in [2.24, 2.45) is 11.7 Å². The Bertz CT molecular complexity index is 1540. The highest BCUT2D eigenvalue weighted by atomic mass is 16.2. The average molecular weight is 826 g/mol. The van der Waals surface area contributed by atoms with Gasteiger partial charge in [0, 0.05) is 89.4 Å². The molecule has 0 aliphatic carbocycles. The third-order valence-corrected chi connectivity index (χ3v) is 9.00. The SMILES string of the molecule is CC(C)C(=O)CN(C)C(=O)CN(C)C(=O)CN(C)C(=O)CN(C)C(=O)CN(C)C(=O)CN(C)C(=O)CN(C)C(=O)CN(C)C(=O)CN(C)C(=O)CN(C)C(=O)CCN. The molecule has 0 heterocycles. The molecule has 0 aromatic rings. The number of likely N-dealkylation sites (N-methyl/N-ethyl adjacent to an activating group) is 10. The first-order valence-electron chi connectivity index (χ1n) is 18.4. The molecule has 0 saturated carbocycles. The molecule has 2 N–H and O–H groups in total. The summed E-state index contributed by atoms with van der Waals surface area (Å²) < 4.78 is 0. The molecule has 0 aliphatic heterocycles. The van der Waals surface area contributed by atoms with Gasteiger partial charge < -0.3 is 54.7 Å². The maximum Gasteiger partial charge on any atom is 0.242 e. The molecule has 0 aromatic carbocycles. The third-order valence-electron chi connectivity index (χ3n) is 9.00. The molecule has 0 radical (unpaired) electrons. The Morgan fingerprint density at radius 3 is 0.621 bits per heavy atom. The van der Waals surface area contributed by atoms with Gasteiger partial charge in [-0.15, -0.1) is 0 Å². The summed E-state index contributed by atoms with van der Waals surface area (Å²) in [6, 6.07) is 0. The van der Waals surface area contributed by atoms with Crippen molar-refractivity contribution in [2.75, 3.05) is 142 Å². The zero-order valence-electron chi connectivity index (χ0n) is 36.1. The van der Waals surface area contributed by atoms with E-state index >= 15 is 0 Å². The van der Waals surface area contributed by atoms with Crippen LogP contribution >= 0.6 is 0 Å².